The van der Waals surface area contributed by atoms with Gasteiger partial charge in [-0.2, -0.15) is 0 Å². The lowest BCUT2D eigenvalue weighted by Gasteiger charge is -2.01. The molecule has 1 aromatic carbocycles. The number of phenols is 1. The van der Waals surface area contributed by atoms with Crippen molar-refractivity contribution in [3.8, 4) is 11.5 Å². The standard InChI is InChI=1S/C7H7ClO2/c1-10-7-3-2-5(8)4-6(7)9/h2-4,9H,1H3. The molecule has 0 amide bonds. The molecule has 1 N–H and O–H groups in total. The van der Waals surface area contributed by atoms with Gasteiger partial charge in [0.25, 0.3) is 0 Å². The van der Waals surface area contributed by atoms with E-state index in [0.717, 1.165) is 0 Å². The normalized spacial score (nSPS) is 9.40. The van der Waals surface area contributed by atoms with Gasteiger partial charge in [-0.25, -0.2) is 0 Å². The maximum atomic E-state index is 9.08. The van der Waals surface area contributed by atoms with Crippen LogP contribution in [0, 0.1) is 0 Å². The highest BCUT2D eigenvalue weighted by molar-refractivity contribution is 6.30. The van der Waals surface area contributed by atoms with Gasteiger partial charge in [0.2, 0.25) is 0 Å². The molecule has 1 aromatic rings. The number of hydrogen-bond acceptors (Lipinski definition) is 2. The zero-order valence-corrected chi connectivity index (χ0v) is 6.22. The average Bonchev–Trinajstić information content (AvgIpc) is 1.88. The topological polar surface area (TPSA) is 29.5 Å². The summed E-state index contributed by atoms with van der Waals surface area (Å²) in [5.74, 6) is 0.499. The van der Waals surface area contributed by atoms with Crippen LogP contribution in [0.4, 0.5) is 0 Å². The van der Waals surface area contributed by atoms with Crippen LogP contribution in [-0.2, 0) is 0 Å². The number of hydrogen-bond donors (Lipinski definition) is 1. The van der Waals surface area contributed by atoms with E-state index in [1.54, 1.807) is 12.1 Å². The van der Waals surface area contributed by atoms with Crippen molar-refractivity contribution in [3.05, 3.63) is 23.2 Å². The Bertz CT molecular complexity index is 235. The minimum atomic E-state index is 0.0648. The first-order valence-corrected chi connectivity index (χ1v) is 3.14. The van der Waals surface area contributed by atoms with E-state index in [-0.39, 0.29) is 5.75 Å². The lowest BCUT2D eigenvalue weighted by atomic mass is 10.3. The quantitative estimate of drug-likeness (QED) is 0.678. The molecule has 0 radical (unpaired) electrons. The molecule has 10 heavy (non-hydrogen) atoms. The lowest BCUT2D eigenvalue weighted by molar-refractivity contribution is 0.373. The van der Waals surface area contributed by atoms with Crippen molar-refractivity contribution in [3.63, 3.8) is 0 Å². The summed E-state index contributed by atoms with van der Waals surface area (Å²) in [4.78, 5) is 0. The van der Waals surface area contributed by atoms with Gasteiger partial charge in [-0.05, 0) is 12.1 Å². The van der Waals surface area contributed by atoms with Gasteiger partial charge < -0.3 is 9.84 Å². The molecule has 0 bridgehead atoms. The number of ether oxygens (including phenoxy) is 1. The molecule has 0 aliphatic rings. The van der Waals surface area contributed by atoms with E-state index in [0.29, 0.717) is 10.8 Å². The predicted octanol–water partition coefficient (Wildman–Crippen LogP) is 2.05. The molecule has 0 aliphatic carbocycles. The van der Waals surface area contributed by atoms with Crippen molar-refractivity contribution >= 4 is 11.6 Å². The number of halogens is 1. The first-order chi connectivity index (χ1) is 4.74. The maximum absolute atomic E-state index is 9.08. The fourth-order valence-electron chi connectivity index (χ4n) is 0.663. The average molecular weight is 159 g/mol. The SMILES string of the molecule is COc1ccc(Cl)cc1O. The maximum Gasteiger partial charge on any atom is 0.160 e. The number of benzene rings is 1. The molecule has 0 heterocycles. The van der Waals surface area contributed by atoms with Crippen molar-refractivity contribution in [1.82, 2.24) is 0 Å². The van der Waals surface area contributed by atoms with Crippen molar-refractivity contribution in [2.24, 2.45) is 0 Å². The van der Waals surface area contributed by atoms with Crippen LogP contribution in [0.1, 0.15) is 0 Å². The molecular formula is C7H7ClO2. The molecule has 0 aliphatic heterocycles. The number of methoxy groups -OCH3 is 1. The Morgan fingerprint density at radius 3 is 2.70 bits per heavy atom. The summed E-state index contributed by atoms with van der Waals surface area (Å²) >= 11 is 5.56. The Labute approximate surface area is 64.0 Å². The van der Waals surface area contributed by atoms with Crippen LogP contribution in [0.3, 0.4) is 0 Å². The summed E-state index contributed by atoms with van der Waals surface area (Å²) in [6.45, 7) is 0. The van der Waals surface area contributed by atoms with Crippen LogP contribution in [-0.4, -0.2) is 12.2 Å². The zero-order chi connectivity index (χ0) is 7.56. The van der Waals surface area contributed by atoms with Crippen LogP contribution in [0.5, 0.6) is 11.5 Å². The van der Waals surface area contributed by atoms with Crippen molar-refractivity contribution in [2.45, 2.75) is 0 Å². The number of aromatic hydroxyl groups is 1. The molecule has 3 heteroatoms. The van der Waals surface area contributed by atoms with Gasteiger partial charge in [0.1, 0.15) is 0 Å². The monoisotopic (exact) mass is 158 g/mol. The summed E-state index contributed by atoms with van der Waals surface area (Å²) < 4.78 is 4.79. The van der Waals surface area contributed by atoms with E-state index in [9.17, 15) is 0 Å². The lowest BCUT2D eigenvalue weighted by Crippen LogP contribution is -1.81. The third-order valence-corrected chi connectivity index (χ3v) is 1.38. The van der Waals surface area contributed by atoms with Crippen LogP contribution in [0.2, 0.25) is 5.02 Å². The number of rotatable bonds is 1. The smallest absolute Gasteiger partial charge is 0.160 e. The second kappa shape index (κ2) is 2.80. The minimum absolute atomic E-state index is 0.0648. The molecule has 0 spiro atoms. The summed E-state index contributed by atoms with van der Waals surface area (Å²) in [6, 6.07) is 4.69. The molecule has 0 unspecified atom stereocenters. The minimum Gasteiger partial charge on any atom is -0.504 e. The molecule has 0 saturated heterocycles. The Kier molecular flexibility index (Phi) is 2.02. The molecule has 0 atom stereocenters. The Morgan fingerprint density at radius 1 is 1.50 bits per heavy atom. The highest BCUT2D eigenvalue weighted by atomic mass is 35.5. The second-order valence-electron chi connectivity index (χ2n) is 1.82. The van der Waals surface area contributed by atoms with Crippen LogP contribution in [0.25, 0.3) is 0 Å². The largest absolute Gasteiger partial charge is 0.504 e. The van der Waals surface area contributed by atoms with Gasteiger partial charge in [0.15, 0.2) is 11.5 Å². The first-order valence-electron chi connectivity index (χ1n) is 2.76. The Hall–Kier alpha value is -0.890. The third-order valence-electron chi connectivity index (χ3n) is 1.14. The van der Waals surface area contributed by atoms with Gasteiger partial charge >= 0.3 is 0 Å². The summed E-state index contributed by atoms with van der Waals surface area (Å²) in [5, 5.41) is 9.58. The molecule has 0 fully saturated rings. The van der Waals surface area contributed by atoms with Crippen molar-refractivity contribution in [1.29, 1.82) is 0 Å². The Morgan fingerprint density at radius 2 is 2.20 bits per heavy atom. The molecule has 0 saturated carbocycles. The molecule has 54 valence electrons. The van der Waals surface area contributed by atoms with Gasteiger partial charge in [0.05, 0.1) is 7.11 Å². The Balaban J connectivity index is 3.07. The van der Waals surface area contributed by atoms with E-state index in [4.69, 9.17) is 21.4 Å². The number of phenolic OH excluding ortho intramolecular Hbond substituents is 1. The molecular weight excluding hydrogens is 152 g/mol. The van der Waals surface area contributed by atoms with Gasteiger partial charge in [-0.3, -0.25) is 0 Å². The fourth-order valence-corrected chi connectivity index (χ4v) is 0.829. The predicted molar refractivity (Wildman–Crippen MR) is 39.7 cm³/mol. The molecule has 0 aromatic heterocycles. The fraction of sp³-hybridized carbons (Fsp3) is 0.143. The van der Waals surface area contributed by atoms with E-state index in [1.165, 1.54) is 13.2 Å². The van der Waals surface area contributed by atoms with E-state index in [1.807, 2.05) is 0 Å². The van der Waals surface area contributed by atoms with Crippen LogP contribution >= 0.6 is 11.6 Å². The zero-order valence-electron chi connectivity index (χ0n) is 5.47. The first kappa shape index (κ1) is 7.22. The summed E-state index contributed by atoms with van der Waals surface area (Å²) in [6.07, 6.45) is 0. The highest BCUT2D eigenvalue weighted by Gasteiger charge is 1.98. The van der Waals surface area contributed by atoms with Crippen LogP contribution in [0.15, 0.2) is 18.2 Å². The highest BCUT2D eigenvalue weighted by Crippen LogP contribution is 2.27. The van der Waals surface area contributed by atoms with E-state index < -0.39 is 0 Å². The molecule has 2 nitrogen and oxygen atoms in total. The van der Waals surface area contributed by atoms with Gasteiger partial charge in [-0.15, -0.1) is 0 Å². The van der Waals surface area contributed by atoms with Crippen molar-refractivity contribution < 1.29 is 9.84 Å². The van der Waals surface area contributed by atoms with Gasteiger partial charge in [0, 0.05) is 11.1 Å². The summed E-state index contributed by atoms with van der Waals surface area (Å²) in [7, 11) is 1.49. The van der Waals surface area contributed by atoms with Crippen molar-refractivity contribution in [2.75, 3.05) is 7.11 Å². The second-order valence-corrected chi connectivity index (χ2v) is 2.25. The summed E-state index contributed by atoms with van der Waals surface area (Å²) in [5.41, 5.74) is 0. The molecule has 1 rings (SSSR count). The van der Waals surface area contributed by atoms with E-state index in [2.05, 4.69) is 0 Å². The third kappa shape index (κ3) is 1.33. The van der Waals surface area contributed by atoms with Crippen LogP contribution < -0.4 is 4.74 Å². The van der Waals surface area contributed by atoms with Gasteiger partial charge in [-0.1, -0.05) is 11.6 Å². The van der Waals surface area contributed by atoms with E-state index >= 15 is 0 Å².